The summed E-state index contributed by atoms with van der Waals surface area (Å²) in [4.78, 5) is 10.8. The van der Waals surface area contributed by atoms with Gasteiger partial charge in [-0.25, -0.2) is 0 Å². The highest BCUT2D eigenvalue weighted by Gasteiger charge is 1.91. The molecule has 0 N–H and O–H groups in total. The van der Waals surface area contributed by atoms with E-state index in [2.05, 4.69) is 0 Å². The lowest BCUT2D eigenvalue weighted by Gasteiger charge is -1.97. The second kappa shape index (κ2) is 2.88. The van der Waals surface area contributed by atoms with Crippen LogP contribution < -0.4 is 5.56 Å². The summed E-state index contributed by atoms with van der Waals surface area (Å²) in [6.45, 7) is 0. The van der Waals surface area contributed by atoms with Gasteiger partial charge >= 0.3 is 0 Å². The number of pyridine rings is 1. The monoisotopic (exact) mass is 157 g/mol. The van der Waals surface area contributed by atoms with Crippen molar-refractivity contribution in [1.29, 1.82) is 0 Å². The third-order valence-corrected chi connectivity index (χ3v) is 1.61. The molecule has 3 heteroatoms. The standard InChI is InChI=1S/C7H8ClNO/c1-9-5-6(4-8)2-3-7(9)10/h2-3,5H,4H2,1H3. The molecular weight excluding hydrogens is 150 g/mol. The van der Waals surface area contributed by atoms with Crippen molar-refractivity contribution in [3.63, 3.8) is 0 Å². The van der Waals surface area contributed by atoms with E-state index >= 15 is 0 Å². The molecule has 0 bridgehead atoms. The molecule has 1 aromatic heterocycles. The van der Waals surface area contributed by atoms with Gasteiger partial charge in [-0.3, -0.25) is 4.79 Å². The van der Waals surface area contributed by atoms with Gasteiger partial charge in [-0.15, -0.1) is 11.6 Å². The molecule has 0 aliphatic rings. The van der Waals surface area contributed by atoms with Gasteiger partial charge in [-0.1, -0.05) is 6.07 Å². The maximum atomic E-state index is 10.8. The number of aromatic nitrogens is 1. The van der Waals surface area contributed by atoms with Crippen LogP contribution in [0.2, 0.25) is 0 Å². The van der Waals surface area contributed by atoms with E-state index in [-0.39, 0.29) is 5.56 Å². The molecule has 2 nitrogen and oxygen atoms in total. The van der Waals surface area contributed by atoms with Crippen molar-refractivity contribution in [3.05, 3.63) is 34.2 Å². The van der Waals surface area contributed by atoms with Crippen LogP contribution in [0, 0.1) is 0 Å². The molecular formula is C7H8ClNO. The van der Waals surface area contributed by atoms with Crippen LogP contribution in [-0.2, 0) is 12.9 Å². The summed E-state index contributed by atoms with van der Waals surface area (Å²) in [5, 5.41) is 0. The molecule has 0 spiro atoms. The van der Waals surface area contributed by atoms with Gasteiger partial charge in [0, 0.05) is 25.2 Å². The number of rotatable bonds is 1. The Morgan fingerprint density at radius 2 is 2.30 bits per heavy atom. The van der Waals surface area contributed by atoms with E-state index in [0.29, 0.717) is 5.88 Å². The fraction of sp³-hybridized carbons (Fsp3) is 0.286. The number of aryl methyl sites for hydroxylation is 1. The minimum atomic E-state index is -0.00568. The molecule has 1 heterocycles. The lowest BCUT2D eigenvalue weighted by atomic mass is 10.3. The van der Waals surface area contributed by atoms with Crippen molar-refractivity contribution >= 4 is 11.6 Å². The molecule has 0 saturated heterocycles. The van der Waals surface area contributed by atoms with Gasteiger partial charge in [0.05, 0.1) is 0 Å². The molecule has 0 unspecified atom stereocenters. The van der Waals surface area contributed by atoms with Crippen LogP contribution in [0.5, 0.6) is 0 Å². The smallest absolute Gasteiger partial charge is 0.250 e. The van der Waals surface area contributed by atoms with Crippen LogP contribution in [0.4, 0.5) is 0 Å². The normalized spacial score (nSPS) is 9.80. The number of nitrogens with zero attached hydrogens (tertiary/aromatic N) is 1. The van der Waals surface area contributed by atoms with Gasteiger partial charge in [0.25, 0.3) is 0 Å². The van der Waals surface area contributed by atoms with Crippen LogP contribution in [0.25, 0.3) is 0 Å². The molecule has 10 heavy (non-hydrogen) atoms. The summed E-state index contributed by atoms with van der Waals surface area (Å²) in [6.07, 6.45) is 1.73. The zero-order chi connectivity index (χ0) is 7.56. The second-order valence-electron chi connectivity index (χ2n) is 2.12. The minimum Gasteiger partial charge on any atom is -0.318 e. The first kappa shape index (κ1) is 7.35. The Hall–Kier alpha value is -0.760. The van der Waals surface area contributed by atoms with E-state index in [1.54, 1.807) is 19.3 Å². The Labute approximate surface area is 64.1 Å². The SMILES string of the molecule is Cn1cc(CCl)ccc1=O. The number of hydrogen-bond donors (Lipinski definition) is 0. The average molecular weight is 158 g/mol. The molecule has 0 radical (unpaired) electrons. The van der Waals surface area contributed by atoms with E-state index in [0.717, 1.165) is 5.56 Å². The van der Waals surface area contributed by atoms with E-state index in [9.17, 15) is 4.79 Å². The molecule has 54 valence electrons. The van der Waals surface area contributed by atoms with Crippen LogP contribution in [-0.4, -0.2) is 4.57 Å². The molecule has 0 fully saturated rings. The van der Waals surface area contributed by atoms with Gasteiger partial charge in [0.1, 0.15) is 0 Å². The van der Waals surface area contributed by atoms with E-state index < -0.39 is 0 Å². The molecule has 0 aliphatic heterocycles. The average Bonchev–Trinajstić information content (AvgIpc) is 1.95. The summed E-state index contributed by atoms with van der Waals surface area (Å²) in [5.41, 5.74) is 0.956. The van der Waals surface area contributed by atoms with Gasteiger partial charge in [0.15, 0.2) is 0 Å². The molecule has 1 aromatic rings. The molecule has 1 rings (SSSR count). The number of alkyl halides is 1. The number of hydrogen-bond acceptors (Lipinski definition) is 1. The predicted molar refractivity (Wildman–Crippen MR) is 41.2 cm³/mol. The highest BCUT2D eigenvalue weighted by Crippen LogP contribution is 1.98. The van der Waals surface area contributed by atoms with Crippen LogP contribution in [0.1, 0.15) is 5.56 Å². The fourth-order valence-corrected chi connectivity index (χ4v) is 0.888. The molecule has 0 atom stereocenters. The highest BCUT2D eigenvalue weighted by molar-refractivity contribution is 6.17. The molecule has 0 aliphatic carbocycles. The Morgan fingerprint density at radius 1 is 1.60 bits per heavy atom. The third kappa shape index (κ3) is 1.39. The Balaban J connectivity index is 3.17. The zero-order valence-corrected chi connectivity index (χ0v) is 6.43. The minimum absolute atomic E-state index is 0.00568. The van der Waals surface area contributed by atoms with Crippen molar-refractivity contribution in [3.8, 4) is 0 Å². The quantitative estimate of drug-likeness (QED) is 0.560. The predicted octanol–water partition coefficient (Wildman–Crippen LogP) is 1.12. The summed E-state index contributed by atoms with van der Waals surface area (Å²) in [5.74, 6) is 0.453. The fourth-order valence-electron chi connectivity index (χ4n) is 0.730. The van der Waals surface area contributed by atoms with Crippen molar-refractivity contribution in [1.82, 2.24) is 4.57 Å². The van der Waals surface area contributed by atoms with Crippen LogP contribution in [0.15, 0.2) is 23.1 Å². The number of halogens is 1. The summed E-state index contributed by atoms with van der Waals surface area (Å²) < 4.78 is 1.51. The topological polar surface area (TPSA) is 22.0 Å². The Morgan fingerprint density at radius 3 is 2.80 bits per heavy atom. The van der Waals surface area contributed by atoms with Gasteiger partial charge < -0.3 is 4.57 Å². The summed E-state index contributed by atoms with van der Waals surface area (Å²) in [7, 11) is 1.71. The van der Waals surface area contributed by atoms with Gasteiger partial charge in [0.2, 0.25) is 5.56 Å². The van der Waals surface area contributed by atoms with Crippen molar-refractivity contribution < 1.29 is 0 Å². The summed E-state index contributed by atoms with van der Waals surface area (Å²) >= 11 is 5.54. The lowest BCUT2D eigenvalue weighted by Crippen LogP contribution is -2.14. The lowest BCUT2D eigenvalue weighted by molar-refractivity contribution is 0.850. The Kier molecular flexibility index (Phi) is 2.12. The van der Waals surface area contributed by atoms with E-state index in [1.807, 2.05) is 0 Å². The largest absolute Gasteiger partial charge is 0.318 e. The first-order valence-corrected chi connectivity index (χ1v) is 3.49. The molecule has 0 aromatic carbocycles. The maximum absolute atomic E-state index is 10.8. The first-order chi connectivity index (χ1) is 4.74. The Bertz CT molecular complexity index is 279. The molecule has 0 amide bonds. The maximum Gasteiger partial charge on any atom is 0.250 e. The van der Waals surface area contributed by atoms with E-state index in [4.69, 9.17) is 11.6 Å². The van der Waals surface area contributed by atoms with Crippen molar-refractivity contribution in [2.24, 2.45) is 7.05 Å². The second-order valence-corrected chi connectivity index (χ2v) is 2.39. The van der Waals surface area contributed by atoms with Crippen molar-refractivity contribution in [2.45, 2.75) is 5.88 Å². The van der Waals surface area contributed by atoms with Crippen molar-refractivity contribution in [2.75, 3.05) is 0 Å². The third-order valence-electron chi connectivity index (χ3n) is 1.30. The zero-order valence-electron chi connectivity index (χ0n) is 5.67. The highest BCUT2D eigenvalue weighted by atomic mass is 35.5. The van der Waals surface area contributed by atoms with Crippen LogP contribution in [0.3, 0.4) is 0 Å². The van der Waals surface area contributed by atoms with Gasteiger partial charge in [-0.2, -0.15) is 0 Å². The first-order valence-electron chi connectivity index (χ1n) is 2.95. The van der Waals surface area contributed by atoms with E-state index in [1.165, 1.54) is 10.6 Å². The van der Waals surface area contributed by atoms with Gasteiger partial charge in [-0.05, 0) is 5.56 Å². The van der Waals surface area contributed by atoms with Crippen LogP contribution >= 0.6 is 11.6 Å². The summed E-state index contributed by atoms with van der Waals surface area (Å²) in [6, 6.07) is 3.24. The molecule has 0 saturated carbocycles.